The van der Waals surface area contributed by atoms with Crippen molar-refractivity contribution in [2.75, 3.05) is 18.0 Å². The van der Waals surface area contributed by atoms with Gasteiger partial charge in [0.15, 0.2) is 0 Å². The van der Waals surface area contributed by atoms with Crippen LogP contribution in [0.2, 0.25) is 5.02 Å². The number of benzene rings is 1. The summed E-state index contributed by atoms with van der Waals surface area (Å²) in [5, 5.41) is 4.38. The van der Waals surface area contributed by atoms with Gasteiger partial charge in [-0.3, -0.25) is 0 Å². The zero-order chi connectivity index (χ0) is 14.4. The average molecular weight is 295 g/mol. The molecule has 0 aliphatic carbocycles. The number of hydrogen-bond donors (Lipinski definition) is 1. The topological polar surface area (TPSA) is 15.3 Å². The summed E-state index contributed by atoms with van der Waals surface area (Å²) in [6.45, 7) is 7.60. The van der Waals surface area contributed by atoms with Gasteiger partial charge in [-0.25, -0.2) is 0 Å². The number of hydrogen-bond acceptors (Lipinski definition) is 2. The maximum absolute atomic E-state index is 6.45. The van der Waals surface area contributed by atoms with E-state index in [1.165, 1.54) is 36.9 Å². The fourth-order valence-corrected chi connectivity index (χ4v) is 3.25. The molecule has 1 atom stereocenters. The van der Waals surface area contributed by atoms with E-state index >= 15 is 0 Å². The Hall–Kier alpha value is -0.730. The maximum Gasteiger partial charge on any atom is 0.0471 e. The molecule has 0 bridgehead atoms. The lowest BCUT2D eigenvalue weighted by molar-refractivity contribution is 0.610. The Morgan fingerprint density at radius 1 is 1.30 bits per heavy atom. The van der Waals surface area contributed by atoms with E-state index in [-0.39, 0.29) is 0 Å². The Morgan fingerprint density at radius 3 is 2.95 bits per heavy atom. The molecule has 20 heavy (non-hydrogen) atoms. The average Bonchev–Trinajstić information content (AvgIpc) is 2.65. The van der Waals surface area contributed by atoms with Gasteiger partial charge in [-0.2, -0.15) is 0 Å². The van der Waals surface area contributed by atoms with Crippen LogP contribution in [0, 0.1) is 0 Å². The summed E-state index contributed by atoms with van der Waals surface area (Å²) in [6.07, 6.45) is 6.43. The molecule has 1 aliphatic rings. The molecule has 2 nitrogen and oxygen atoms in total. The molecule has 0 saturated carbocycles. The van der Waals surface area contributed by atoms with E-state index in [1.54, 1.807) is 0 Å². The van der Waals surface area contributed by atoms with Crippen molar-refractivity contribution in [3.63, 3.8) is 0 Å². The van der Waals surface area contributed by atoms with E-state index in [9.17, 15) is 0 Å². The normalized spacial score (nSPS) is 19.9. The molecule has 1 aromatic carbocycles. The second-order valence-electron chi connectivity index (χ2n) is 5.81. The molecule has 112 valence electrons. The summed E-state index contributed by atoms with van der Waals surface area (Å²) >= 11 is 6.45. The third kappa shape index (κ3) is 3.89. The number of nitrogens with one attached hydrogen (secondary N) is 1. The first-order valence-corrected chi connectivity index (χ1v) is 8.36. The predicted octanol–water partition coefficient (Wildman–Crippen LogP) is 4.61. The fraction of sp³-hybridized carbons (Fsp3) is 0.647. The first-order valence-electron chi connectivity index (χ1n) is 7.98. The SMILES string of the molecule is CCCNCc1c(Cl)cccc1N1CCCCCC1C. The summed E-state index contributed by atoms with van der Waals surface area (Å²) in [4.78, 5) is 2.56. The minimum absolute atomic E-state index is 0.612. The predicted molar refractivity (Wildman–Crippen MR) is 88.7 cm³/mol. The molecule has 0 spiro atoms. The smallest absolute Gasteiger partial charge is 0.0471 e. The summed E-state index contributed by atoms with van der Waals surface area (Å²) < 4.78 is 0. The molecular weight excluding hydrogens is 268 g/mol. The van der Waals surface area contributed by atoms with E-state index in [2.05, 4.69) is 36.2 Å². The number of rotatable bonds is 5. The van der Waals surface area contributed by atoms with Gasteiger partial charge in [-0.15, -0.1) is 0 Å². The monoisotopic (exact) mass is 294 g/mol. The van der Waals surface area contributed by atoms with Crippen molar-refractivity contribution >= 4 is 17.3 Å². The van der Waals surface area contributed by atoms with E-state index < -0.39 is 0 Å². The maximum atomic E-state index is 6.45. The van der Waals surface area contributed by atoms with Gasteiger partial charge in [0.25, 0.3) is 0 Å². The van der Waals surface area contributed by atoms with E-state index in [0.29, 0.717) is 6.04 Å². The minimum atomic E-state index is 0.612. The van der Waals surface area contributed by atoms with Crippen LogP contribution in [0.3, 0.4) is 0 Å². The van der Waals surface area contributed by atoms with Crippen molar-refractivity contribution in [3.05, 3.63) is 28.8 Å². The molecule has 1 aliphatic heterocycles. The molecular formula is C17H27ClN2. The van der Waals surface area contributed by atoms with Crippen molar-refractivity contribution in [2.45, 2.75) is 58.5 Å². The van der Waals surface area contributed by atoms with Gasteiger partial charge in [-0.05, 0) is 44.9 Å². The zero-order valence-corrected chi connectivity index (χ0v) is 13.5. The largest absolute Gasteiger partial charge is 0.369 e. The Kier molecular flexibility index (Phi) is 6.18. The van der Waals surface area contributed by atoms with Crippen molar-refractivity contribution in [1.29, 1.82) is 0 Å². The quantitative estimate of drug-likeness (QED) is 0.798. The molecule has 1 saturated heterocycles. The molecule has 1 heterocycles. The number of anilines is 1. The molecule has 1 fully saturated rings. The van der Waals surface area contributed by atoms with Gasteiger partial charge in [-0.1, -0.05) is 37.4 Å². The van der Waals surface area contributed by atoms with Crippen LogP contribution in [-0.4, -0.2) is 19.1 Å². The van der Waals surface area contributed by atoms with Crippen LogP contribution in [0.5, 0.6) is 0 Å². The number of nitrogens with zero attached hydrogens (tertiary/aromatic N) is 1. The van der Waals surface area contributed by atoms with Crippen LogP contribution < -0.4 is 10.2 Å². The van der Waals surface area contributed by atoms with Gasteiger partial charge >= 0.3 is 0 Å². The molecule has 1 unspecified atom stereocenters. The van der Waals surface area contributed by atoms with Crippen LogP contribution >= 0.6 is 11.6 Å². The molecule has 0 radical (unpaired) electrons. The molecule has 0 amide bonds. The zero-order valence-electron chi connectivity index (χ0n) is 12.8. The van der Waals surface area contributed by atoms with Crippen LogP contribution in [0.4, 0.5) is 5.69 Å². The van der Waals surface area contributed by atoms with Crippen molar-refractivity contribution in [1.82, 2.24) is 5.32 Å². The first-order chi connectivity index (χ1) is 9.74. The molecule has 0 aromatic heterocycles. The van der Waals surface area contributed by atoms with Crippen molar-refractivity contribution < 1.29 is 0 Å². The van der Waals surface area contributed by atoms with E-state index in [0.717, 1.165) is 31.1 Å². The first kappa shape index (κ1) is 15.7. The van der Waals surface area contributed by atoms with E-state index in [1.807, 2.05) is 6.07 Å². The van der Waals surface area contributed by atoms with Crippen molar-refractivity contribution in [3.8, 4) is 0 Å². The van der Waals surface area contributed by atoms with Gasteiger partial charge in [0.05, 0.1) is 0 Å². The summed E-state index contributed by atoms with van der Waals surface area (Å²) in [5.41, 5.74) is 2.59. The number of halogens is 1. The Balaban J connectivity index is 2.22. The second kappa shape index (κ2) is 7.90. The Bertz CT molecular complexity index is 419. The van der Waals surface area contributed by atoms with Gasteiger partial charge in [0.1, 0.15) is 0 Å². The van der Waals surface area contributed by atoms with Crippen LogP contribution in [0.1, 0.15) is 51.5 Å². The third-order valence-electron chi connectivity index (χ3n) is 4.19. The highest BCUT2D eigenvalue weighted by molar-refractivity contribution is 6.31. The third-order valence-corrected chi connectivity index (χ3v) is 4.54. The van der Waals surface area contributed by atoms with Crippen LogP contribution in [0.15, 0.2) is 18.2 Å². The van der Waals surface area contributed by atoms with E-state index in [4.69, 9.17) is 11.6 Å². The lowest BCUT2D eigenvalue weighted by atomic mass is 10.1. The lowest BCUT2D eigenvalue weighted by Crippen LogP contribution is -2.33. The Labute approximate surface area is 128 Å². The van der Waals surface area contributed by atoms with Gasteiger partial charge < -0.3 is 10.2 Å². The molecule has 1 N–H and O–H groups in total. The Morgan fingerprint density at radius 2 is 2.15 bits per heavy atom. The van der Waals surface area contributed by atoms with Gasteiger partial charge in [0, 0.05) is 35.4 Å². The van der Waals surface area contributed by atoms with Crippen LogP contribution in [0.25, 0.3) is 0 Å². The molecule has 1 aromatic rings. The lowest BCUT2D eigenvalue weighted by Gasteiger charge is -2.32. The van der Waals surface area contributed by atoms with Gasteiger partial charge in [0.2, 0.25) is 0 Å². The summed E-state index contributed by atoms with van der Waals surface area (Å²) in [7, 11) is 0. The summed E-state index contributed by atoms with van der Waals surface area (Å²) in [5.74, 6) is 0. The highest BCUT2D eigenvalue weighted by Gasteiger charge is 2.20. The molecule has 2 rings (SSSR count). The van der Waals surface area contributed by atoms with Crippen LogP contribution in [-0.2, 0) is 6.54 Å². The molecule has 3 heteroatoms. The van der Waals surface area contributed by atoms with Crippen molar-refractivity contribution in [2.24, 2.45) is 0 Å². The highest BCUT2D eigenvalue weighted by Crippen LogP contribution is 2.31. The second-order valence-corrected chi connectivity index (χ2v) is 6.21. The minimum Gasteiger partial charge on any atom is -0.369 e. The fourth-order valence-electron chi connectivity index (χ4n) is 3.01. The standard InChI is InChI=1S/C17H27ClN2/c1-3-11-19-13-15-16(18)9-7-10-17(15)20-12-6-4-5-8-14(20)2/h7,9-10,14,19H,3-6,8,11-13H2,1-2H3. The highest BCUT2D eigenvalue weighted by atomic mass is 35.5. The summed E-state index contributed by atoms with van der Waals surface area (Å²) in [6, 6.07) is 6.94.